The van der Waals surface area contributed by atoms with Gasteiger partial charge >= 0.3 is 0 Å². The van der Waals surface area contributed by atoms with Crippen LogP contribution in [0.1, 0.15) is 10.4 Å². The van der Waals surface area contributed by atoms with E-state index in [0.29, 0.717) is 47.4 Å². The number of carbonyl (C=O) groups excluding carboxylic acids is 2. The highest BCUT2D eigenvalue weighted by Gasteiger charge is 2.22. The van der Waals surface area contributed by atoms with Gasteiger partial charge in [-0.25, -0.2) is 23.7 Å². The van der Waals surface area contributed by atoms with Gasteiger partial charge in [-0.2, -0.15) is 0 Å². The van der Waals surface area contributed by atoms with Crippen molar-refractivity contribution in [1.29, 1.82) is 0 Å². The summed E-state index contributed by atoms with van der Waals surface area (Å²) in [6.07, 6.45) is 3.53. The molecule has 3 aromatic heterocycles. The summed E-state index contributed by atoms with van der Waals surface area (Å²) in [6.45, 7) is 1.06. The van der Waals surface area contributed by atoms with Gasteiger partial charge in [-0.05, 0) is 54.6 Å². The number of fused-ring (bicyclic) bond motifs is 1. The lowest BCUT2D eigenvalue weighted by Crippen LogP contribution is -2.41. The maximum Gasteiger partial charge on any atom is 0.261 e. The molecule has 2 N–H and O–H groups in total. The molecule has 0 radical (unpaired) electrons. The van der Waals surface area contributed by atoms with Crippen LogP contribution in [0.25, 0.3) is 27.6 Å². The second kappa shape index (κ2) is 11.9. The van der Waals surface area contributed by atoms with E-state index in [9.17, 15) is 18.4 Å². The molecular weight excluding hydrogens is 600 g/mol. The van der Waals surface area contributed by atoms with Gasteiger partial charge in [0.25, 0.3) is 11.8 Å². The highest BCUT2D eigenvalue weighted by atomic mass is 32.1. The van der Waals surface area contributed by atoms with Crippen molar-refractivity contribution in [1.82, 2.24) is 19.4 Å². The largest absolute Gasteiger partial charge is 0.370 e. The fraction of sp³-hybridized carbons (Fsp3) is 0.0938. The summed E-state index contributed by atoms with van der Waals surface area (Å²) in [5.74, 6) is -2.52. The number of halogens is 2. The van der Waals surface area contributed by atoms with Crippen LogP contribution in [0.5, 0.6) is 0 Å². The van der Waals surface area contributed by atoms with Crippen LogP contribution >= 0.6 is 11.3 Å². The predicted molar refractivity (Wildman–Crippen MR) is 167 cm³/mol. The normalized spacial score (nSPS) is 13.3. The minimum Gasteiger partial charge on any atom is -0.370 e. The van der Waals surface area contributed by atoms with Crippen molar-refractivity contribution < 1.29 is 23.1 Å². The Kier molecular flexibility index (Phi) is 7.45. The van der Waals surface area contributed by atoms with Gasteiger partial charge in [-0.3, -0.25) is 14.0 Å². The van der Waals surface area contributed by atoms with Gasteiger partial charge in [0.1, 0.15) is 29.5 Å². The quantitative estimate of drug-likeness (QED) is 0.219. The number of ether oxygens (including phenoxy) is 1. The Bertz CT molecular complexity index is 2040. The number of aromatic nitrogens is 4. The fourth-order valence-corrected chi connectivity index (χ4v) is 5.79. The summed E-state index contributed by atoms with van der Waals surface area (Å²) in [7, 11) is 0. The molecule has 1 aliphatic rings. The average molecular weight is 624 g/mol. The van der Waals surface area contributed by atoms with Gasteiger partial charge in [0, 0.05) is 46.9 Å². The number of rotatable bonds is 7. The van der Waals surface area contributed by atoms with Crippen LogP contribution in [0.4, 0.5) is 31.8 Å². The molecule has 0 unspecified atom stereocenters. The number of morpholine rings is 1. The van der Waals surface area contributed by atoms with Crippen LogP contribution < -0.4 is 15.5 Å². The lowest BCUT2D eigenvalue weighted by atomic mass is 10.1. The molecule has 10 nitrogen and oxygen atoms in total. The molecule has 4 heterocycles. The third-order valence-electron chi connectivity index (χ3n) is 7.16. The van der Waals surface area contributed by atoms with Crippen molar-refractivity contribution in [3.05, 3.63) is 108 Å². The van der Waals surface area contributed by atoms with Crippen molar-refractivity contribution in [3.8, 4) is 22.6 Å². The number of hydrogen-bond acceptors (Lipinski definition) is 8. The van der Waals surface area contributed by atoms with Gasteiger partial charge in [-0.15, -0.1) is 11.3 Å². The molecule has 6 aromatic rings. The van der Waals surface area contributed by atoms with Crippen LogP contribution in [0, 0.1) is 11.6 Å². The van der Waals surface area contributed by atoms with Crippen molar-refractivity contribution in [2.24, 2.45) is 0 Å². The summed E-state index contributed by atoms with van der Waals surface area (Å²) in [6, 6.07) is 19.3. The molecule has 0 atom stereocenters. The molecule has 2 amide bonds. The third kappa shape index (κ3) is 5.61. The predicted octanol–water partition coefficient (Wildman–Crippen LogP) is 6.16. The van der Waals surface area contributed by atoms with Crippen LogP contribution in [-0.2, 0) is 9.53 Å². The number of amides is 2. The second-order valence-corrected chi connectivity index (χ2v) is 10.9. The highest BCUT2D eigenvalue weighted by molar-refractivity contribution is 7.15. The molecule has 3 aromatic carbocycles. The smallest absolute Gasteiger partial charge is 0.261 e. The van der Waals surface area contributed by atoms with E-state index in [1.165, 1.54) is 17.4 Å². The summed E-state index contributed by atoms with van der Waals surface area (Å²) in [5.41, 5.74) is 3.75. The van der Waals surface area contributed by atoms with E-state index in [-0.39, 0.29) is 12.5 Å². The number of hydrogen-bond donors (Lipinski definition) is 2. The van der Waals surface area contributed by atoms with Crippen LogP contribution in [0.2, 0.25) is 0 Å². The maximum atomic E-state index is 14.2. The zero-order valence-corrected chi connectivity index (χ0v) is 24.2. The van der Waals surface area contributed by atoms with E-state index >= 15 is 0 Å². The van der Waals surface area contributed by atoms with E-state index in [1.807, 2.05) is 46.3 Å². The van der Waals surface area contributed by atoms with Gasteiger partial charge in [0.2, 0.25) is 5.95 Å². The Labute approximate surface area is 259 Å². The van der Waals surface area contributed by atoms with E-state index in [0.717, 1.165) is 28.5 Å². The fourth-order valence-electron chi connectivity index (χ4n) is 5.08. The highest BCUT2D eigenvalue weighted by Crippen LogP contribution is 2.35. The Morgan fingerprint density at radius 2 is 1.76 bits per heavy atom. The third-order valence-corrected chi connectivity index (χ3v) is 7.92. The SMILES string of the molecule is O=C(Nc1cccc(-c2nc3sccn3c2-c2ccnc(Nc3ccc(N4CCOCC4=O)cc3)n2)c1)c1c(F)cccc1F. The van der Waals surface area contributed by atoms with Crippen LogP contribution in [-0.4, -0.2) is 50.9 Å². The van der Waals surface area contributed by atoms with Crippen molar-refractivity contribution >= 4 is 51.1 Å². The molecule has 7 rings (SSSR count). The van der Waals surface area contributed by atoms with Crippen LogP contribution in [0.15, 0.2) is 90.6 Å². The first-order valence-corrected chi connectivity index (χ1v) is 14.7. The van der Waals surface area contributed by atoms with Gasteiger partial charge in [0.15, 0.2) is 4.96 Å². The molecule has 1 aliphatic heterocycles. The number of nitrogens with one attached hydrogen (secondary N) is 2. The van der Waals surface area contributed by atoms with Crippen molar-refractivity contribution in [2.75, 3.05) is 35.3 Å². The van der Waals surface area contributed by atoms with E-state index in [4.69, 9.17) is 14.7 Å². The van der Waals surface area contributed by atoms with Gasteiger partial charge in [0.05, 0.1) is 18.0 Å². The maximum absolute atomic E-state index is 14.2. The first-order valence-electron chi connectivity index (χ1n) is 13.8. The topological polar surface area (TPSA) is 114 Å². The molecule has 0 spiro atoms. The first kappa shape index (κ1) is 28.3. The molecule has 1 fully saturated rings. The van der Waals surface area contributed by atoms with Crippen molar-refractivity contribution in [2.45, 2.75) is 0 Å². The second-order valence-electron chi connectivity index (χ2n) is 10.0. The lowest BCUT2D eigenvalue weighted by Gasteiger charge is -2.26. The number of benzene rings is 3. The zero-order chi connectivity index (χ0) is 30.9. The summed E-state index contributed by atoms with van der Waals surface area (Å²) in [4.78, 5) is 41.3. The van der Waals surface area contributed by atoms with E-state index in [1.54, 1.807) is 35.4 Å². The molecule has 0 aliphatic carbocycles. The van der Waals surface area contributed by atoms with Crippen LogP contribution in [0.3, 0.4) is 0 Å². The molecule has 45 heavy (non-hydrogen) atoms. The summed E-state index contributed by atoms with van der Waals surface area (Å²) < 4.78 is 35.5. The lowest BCUT2D eigenvalue weighted by molar-refractivity contribution is -0.125. The first-order chi connectivity index (χ1) is 21.9. The number of nitrogens with zero attached hydrogens (tertiary/aromatic N) is 5. The number of carbonyl (C=O) groups is 2. The minimum atomic E-state index is -0.948. The molecule has 0 saturated carbocycles. The zero-order valence-electron chi connectivity index (χ0n) is 23.4. The van der Waals surface area contributed by atoms with E-state index in [2.05, 4.69) is 15.6 Å². The minimum absolute atomic E-state index is 0.0706. The summed E-state index contributed by atoms with van der Waals surface area (Å²) >= 11 is 1.45. The average Bonchev–Trinajstić information content (AvgIpc) is 3.64. The molecule has 13 heteroatoms. The number of imidazole rings is 1. The molecular formula is C32H23F2N7O3S. The number of thiazole rings is 1. The standard InChI is InChI=1S/C32H23F2N7O3S/c33-23-5-2-6-24(34)27(23)30(43)36-21-4-1-3-19(17-21)28-29(41-14-16-45-32(41)39-28)25-11-12-35-31(38-25)37-20-7-9-22(10-8-20)40-13-15-44-18-26(40)42/h1-12,14,16-17H,13,15,18H2,(H,36,43)(H,35,37,38). The Morgan fingerprint density at radius 3 is 2.56 bits per heavy atom. The van der Waals surface area contributed by atoms with E-state index < -0.39 is 23.1 Å². The molecule has 1 saturated heterocycles. The Morgan fingerprint density at radius 1 is 0.956 bits per heavy atom. The Hall–Kier alpha value is -5.53. The van der Waals surface area contributed by atoms with Gasteiger partial charge < -0.3 is 20.3 Å². The summed E-state index contributed by atoms with van der Waals surface area (Å²) in [5, 5.41) is 7.72. The molecule has 0 bridgehead atoms. The van der Waals surface area contributed by atoms with Crippen molar-refractivity contribution in [3.63, 3.8) is 0 Å². The monoisotopic (exact) mass is 623 g/mol. The van der Waals surface area contributed by atoms with Gasteiger partial charge in [-0.1, -0.05) is 18.2 Å². The molecule has 224 valence electrons. The number of anilines is 4. The Balaban J connectivity index is 1.17.